The zero-order chi connectivity index (χ0) is 20.5. The molecule has 0 aliphatic rings. The van der Waals surface area contributed by atoms with Crippen molar-refractivity contribution in [3.8, 4) is 17.2 Å². The molecule has 1 amide bonds. The van der Waals surface area contributed by atoms with Crippen molar-refractivity contribution in [2.24, 2.45) is 0 Å². The van der Waals surface area contributed by atoms with E-state index < -0.39 is 0 Å². The van der Waals surface area contributed by atoms with Crippen molar-refractivity contribution in [2.45, 2.75) is 20.0 Å². The van der Waals surface area contributed by atoms with Crippen LogP contribution < -0.4 is 19.5 Å². The van der Waals surface area contributed by atoms with Gasteiger partial charge in [0, 0.05) is 11.3 Å². The maximum atomic E-state index is 12.5. The van der Waals surface area contributed by atoms with Crippen LogP contribution in [0.3, 0.4) is 0 Å². The fourth-order valence-corrected chi connectivity index (χ4v) is 2.66. The number of benzene rings is 3. The highest BCUT2D eigenvalue weighted by Crippen LogP contribution is 2.19. The Balaban J connectivity index is 1.48. The molecule has 29 heavy (non-hydrogen) atoms. The van der Waals surface area contributed by atoms with Crippen molar-refractivity contribution in [3.63, 3.8) is 0 Å². The standard InChI is InChI=1S/C24H25NO4/c1-18(2)29-23-10-6-7-19(17-23)24(26)25-20-11-13-22(14-12-20)28-16-15-27-21-8-4-3-5-9-21/h3-14,17-18H,15-16H2,1-2H3,(H,25,26). The Morgan fingerprint density at radius 2 is 1.41 bits per heavy atom. The summed E-state index contributed by atoms with van der Waals surface area (Å²) in [5, 5.41) is 2.88. The first kappa shape index (κ1) is 20.3. The number of para-hydroxylation sites is 1. The molecule has 0 spiro atoms. The minimum Gasteiger partial charge on any atom is -0.491 e. The number of anilines is 1. The van der Waals surface area contributed by atoms with Gasteiger partial charge in [-0.2, -0.15) is 0 Å². The molecule has 0 radical (unpaired) electrons. The highest BCUT2D eigenvalue weighted by atomic mass is 16.5. The van der Waals surface area contributed by atoms with E-state index in [1.807, 2.05) is 62.4 Å². The lowest BCUT2D eigenvalue weighted by molar-refractivity contribution is 0.102. The number of ether oxygens (including phenoxy) is 3. The van der Waals surface area contributed by atoms with Gasteiger partial charge in [-0.1, -0.05) is 24.3 Å². The maximum Gasteiger partial charge on any atom is 0.255 e. The highest BCUT2D eigenvalue weighted by molar-refractivity contribution is 6.04. The molecule has 0 heterocycles. The fourth-order valence-electron chi connectivity index (χ4n) is 2.66. The Morgan fingerprint density at radius 1 is 0.793 bits per heavy atom. The molecule has 0 fully saturated rings. The molecular formula is C24H25NO4. The van der Waals surface area contributed by atoms with Crippen LogP contribution in [0.4, 0.5) is 5.69 Å². The summed E-state index contributed by atoms with van der Waals surface area (Å²) in [5.74, 6) is 2.02. The van der Waals surface area contributed by atoms with Gasteiger partial charge in [0.15, 0.2) is 0 Å². The predicted molar refractivity (Wildman–Crippen MR) is 114 cm³/mol. The number of rotatable bonds is 9. The molecule has 0 aromatic heterocycles. The van der Waals surface area contributed by atoms with E-state index in [9.17, 15) is 4.79 Å². The molecule has 0 atom stereocenters. The van der Waals surface area contributed by atoms with Crippen molar-refractivity contribution in [2.75, 3.05) is 18.5 Å². The molecule has 3 rings (SSSR count). The summed E-state index contributed by atoms with van der Waals surface area (Å²) in [6.07, 6.45) is 0.0546. The van der Waals surface area contributed by atoms with Gasteiger partial charge in [0.2, 0.25) is 0 Å². The molecule has 1 N–H and O–H groups in total. The summed E-state index contributed by atoms with van der Waals surface area (Å²) in [6.45, 7) is 4.79. The second-order valence-electron chi connectivity index (χ2n) is 6.68. The minimum atomic E-state index is -0.191. The van der Waals surface area contributed by atoms with Gasteiger partial charge in [0.1, 0.15) is 30.5 Å². The Morgan fingerprint density at radius 3 is 2.07 bits per heavy atom. The number of hydrogen-bond acceptors (Lipinski definition) is 4. The van der Waals surface area contributed by atoms with Gasteiger partial charge in [-0.05, 0) is 68.4 Å². The quantitative estimate of drug-likeness (QED) is 0.511. The number of hydrogen-bond donors (Lipinski definition) is 1. The summed E-state index contributed by atoms with van der Waals surface area (Å²) in [5.41, 5.74) is 1.24. The van der Waals surface area contributed by atoms with Crippen LogP contribution in [0.1, 0.15) is 24.2 Å². The first-order chi connectivity index (χ1) is 14.1. The van der Waals surface area contributed by atoms with E-state index in [-0.39, 0.29) is 12.0 Å². The zero-order valence-electron chi connectivity index (χ0n) is 16.6. The Hall–Kier alpha value is -3.47. The normalized spacial score (nSPS) is 10.4. The Labute approximate surface area is 171 Å². The average molecular weight is 391 g/mol. The monoisotopic (exact) mass is 391 g/mol. The van der Waals surface area contributed by atoms with Gasteiger partial charge < -0.3 is 19.5 Å². The molecule has 0 saturated carbocycles. The molecule has 5 nitrogen and oxygen atoms in total. The van der Waals surface area contributed by atoms with Crippen molar-refractivity contribution in [1.82, 2.24) is 0 Å². The lowest BCUT2D eigenvalue weighted by Gasteiger charge is -2.11. The van der Waals surface area contributed by atoms with Crippen molar-refractivity contribution in [3.05, 3.63) is 84.4 Å². The van der Waals surface area contributed by atoms with E-state index in [0.717, 1.165) is 5.75 Å². The maximum absolute atomic E-state index is 12.5. The Bertz CT molecular complexity index is 908. The van der Waals surface area contributed by atoms with Gasteiger partial charge in [0.05, 0.1) is 6.10 Å². The molecule has 0 unspecified atom stereocenters. The molecule has 0 bridgehead atoms. The third kappa shape index (κ3) is 6.57. The molecule has 150 valence electrons. The first-order valence-electron chi connectivity index (χ1n) is 9.59. The first-order valence-corrected chi connectivity index (χ1v) is 9.59. The van der Waals surface area contributed by atoms with Crippen LogP contribution in [0.2, 0.25) is 0 Å². The molecule has 5 heteroatoms. The van der Waals surface area contributed by atoms with Gasteiger partial charge in [-0.25, -0.2) is 0 Å². The lowest BCUT2D eigenvalue weighted by Crippen LogP contribution is -2.13. The largest absolute Gasteiger partial charge is 0.491 e. The number of carbonyl (C=O) groups excluding carboxylic acids is 1. The average Bonchev–Trinajstić information content (AvgIpc) is 2.73. The molecule has 0 aliphatic carbocycles. The van der Waals surface area contributed by atoms with Crippen molar-refractivity contribution in [1.29, 1.82) is 0 Å². The summed E-state index contributed by atoms with van der Waals surface area (Å²) in [4.78, 5) is 12.5. The third-order valence-corrected chi connectivity index (χ3v) is 3.94. The highest BCUT2D eigenvalue weighted by Gasteiger charge is 2.08. The lowest BCUT2D eigenvalue weighted by atomic mass is 10.2. The van der Waals surface area contributed by atoms with Crippen molar-refractivity contribution >= 4 is 11.6 Å². The second kappa shape index (κ2) is 10.2. The molecule has 3 aromatic rings. The SMILES string of the molecule is CC(C)Oc1cccc(C(=O)Nc2ccc(OCCOc3ccccc3)cc2)c1. The van der Waals surface area contributed by atoms with Gasteiger partial charge in [-0.15, -0.1) is 0 Å². The smallest absolute Gasteiger partial charge is 0.255 e. The summed E-state index contributed by atoms with van der Waals surface area (Å²) in [6, 6.07) is 24.0. The van der Waals surface area contributed by atoms with Gasteiger partial charge in [0.25, 0.3) is 5.91 Å². The molecular weight excluding hydrogens is 366 g/mol. The van der Waals surface area contributed by atoms with Crippen molar-refractivity contribution < 1.29 is 19.0 Å². The van der Waals surface area contributed by atoms with Crippen LogP contribution in [0.25, 0.3) is 0 Å². The van der Waals surface area contributed by atoms with Crippen LogP contribution in [0, 0.1) is 0 Å². The summed E-state index contributed by atoms with van der Waals surface area (Å²) in [7, 11) is 0. The van der Waals surface area contributed by atoms with E-state index in [0.29, 0.717) is 36.0 Å². The molecule has 0 saturated heterocycles. The van der Waals surface area contributed by atoms with E-state index in [1.54, 1.807) is 30.3 Å². The zero-order valence-corrected chi connectivity index (χ0v) is 16.6. The minimum absolute atomic E-state index is 0.0546. The van der Waals surface area contributed by atoms with E-state index in [1.165, 1.54) is 0 Å². The predicted octanol–water partition coefficient (Wildman–Crippen LogP) is 5.18. The van der Waals surface area contributed by atoms with Crippen LogP contribution in [0.15, 0.2) is 78.9 Å². The molecule has 0 aliphatic heterocycles. The fraction of sp³-hybridized carbons (Fsp3) is 0.208. The third-order valence-electron chi connectivity index (χ3n) is 3.94. The van der Waals surface area contributed by atoms with E-state index in [2.05, 4.69) is 5.32 Å². The van der Waals surface area contributed by atoms with Crippen LogP contribution in [-0.4, -0.2) is 25.2 Å². The van der Waals surface area contributed by atoms with E-state index >= 15 is 0 Å². The van der Waals surface area contributed by atoms with E-state index in [4.69, 9.17) is 14.2 Å². The van der Waals surface area contributed by atoms with Crippen LogP contribution in [-0.2, 0) is 0 Å². The second-order valence-corrected chi connectivity index (χ2v) is 6.68. The topological polar surface area (TPSA) is 56.8 Å². The molecule has 3 aromatic carbocycles. The number of amides is 1. The van der Waals surface area contributed by atoms with Crippen LogP contribution in [0.5, 0.6) is 17.2 Å². The van der Waals surface area contributed by atoms with Gasteiger partial charge >= 0.3 is 0 Å². The summed E-state index contributed by atoms with van der Waals surface area (Å²) >= 11 is 0. The Kier molecular flexibility index (Phi) is 7.11. The summed E-state index contributed by atoms with van der Waals surface area (Å²) < 4.78 is 16.9. The van der Waals surface area contributed by atoms with Gasteiger partial charge in [-0.3, -0.25) is 4.79 Å². The number of nitrogens with one attached hydrogen (secondary N) is 1. The number of carbonyl (C=O) groups is 1. The van der Waals surface area contributed by atoms with Crippen LogP contribution >= 0.6 is 0 Å².